The van der Waals surface area contributed by atoms with E-state index in [0.29, 0.717) is 30.0 Å². The maximum atomic E-state index is 11.9. The van der Waals surface area contributed by atoms with Crippen molar-refractivity contribution in [2.75, 3.05) is 0 Å². The van der Waals surface area contributed by atoms with Gasteiger partial charge in [-0.15, -0.1) is 5.10 Å². The molecule has 0 N–H and O–H groups in total. The van der Waals surface area contributed by atoms with E-state index in [1.807, 2.05) is 6.92 Å². The number of fused-ring (bicyclic) bond motifs is 1. The number of hydrogen-bond acceptors (Lipinski definition) is 4. The van der Waals surface area contributed by atoms with Gasteiger partial charge >= 0.3 is 0 Å². The van der Waals surface area contributed by atoms with E-state index in [1.54, 1.807) is 18.5 Å². The van der Waals surface area contributed by atoms with Crippen molar-refractivity contribution in [3.05, 3.63) is 27.4 Å². The summed E-state index contributed by atoms with van der Waals surface area (Å²) in [4.78, 5) is 26.9. The number of carbonyl (C=O) groups excluding carboxylic acids is 1. The van der Waals surface area contributed by atoms with Gasteiger partial charge in [0.25, 0.3) is 5.56 Å². The average molecular weight is 220 g/mol. The van der Waals surface area contributed by atoms with E-state index in [1.165, 1.54) is 4.52 Å². The summed E-state index contributed by atoms with van der Waals surface area (Å²) in [5, 5.41) is 4.05. The van der Waals surface area contributed by atoms with Crippen LogP contribution in [0.3, 0.4) is 0 Å². The van der Waals surface area contributed by atoms with Crippen molar-refractivity contribution in [2.45, 2.75) is 20.3 Å². The Kier molecular flexibility index (Phi) is 2.34. The molecule has 6 nitrogen and oxygen atoms in total. The Labute approximate surface area is 91.5 Å². The molecule has 0 radical (unpaired) electrons. The molecule has 0 aromatic carbocycles. The van der Waals surface area contributed by atoms with Crippen molar-refractivity contribution < 1.29 is 4.79 Å². The van der Waals surface area contributed by atoms with E-state index in [9.17, 15) is 9.59 Å². The molecular formula is C10H12N4O2. The van der Waals surface area contributed by atoms with Crippen LogP contribution >= 0.6 is 0 Å². The van der Waals surface area contributed by atoms with E-state index in [2.05, 4.69) is 10.1 Å². The zero-order valence-corrected chi connectivity index (χ0v) is 9.39. The van der Waals surface area contributed by atoms with Crippen LogP contribution in [0.2, 0.25) is 0 Å². The minimum atomic E-state index is -0.409. The summed E-state index contributed by atoms with van der Waals surface area (Å²) in [5.41, 5.74) is 0.318. The van der Waals surface area contributed by atoms with Crippen LogP contribution in [0.15, 0.2) is 4.79 Å². The fraction of sp³-hybridized carbons (Fsp3) is 0.400. The van der Waals surface area contributed by atoms with Crippen LogP contribution < -0.4 is 5.56 Å². The third-order valence-corrected chi connectivity index (χ3v) is 2.68. The molecule has 2 rings (SSSR count). The van der Waals surface area contributed by atoms with Crippen molar-refractivity contribution in [1.82, 2.24) is 19.2 Å². The van der Waals surface area contributed by atoms with Crippen molar-refractivity contribution in [3.8, 4) is 0 Å². The zero-order valence-electron chi connectivity index (χ0n) is 9.39. The minimum Gasteiger partial charge on any atom is -0.317 e. The normalized spacial score (nSPS) is 10.9. The summed E-state index contributed by atoms with van der Waals surface area (Å²) in [6.07, 6.45) is 1.21. The Morgan fingerprint density at radius 1 is 1.44 bits per heavy atom. The Hall–Kier alpha value is -1.98. The van der Waals surface area contributed by atoms with Crippen LogP contribution in [-0.2, 0) is 13.5 Å². The van der Waals surface area contributed by atoms with Gasteiger partial charge in [-0.3, -0.25) is 9.59 Å². The second-order valence-corrected chi connectivity index (χ2v) is 3.57. The number of carbonyl (C=O) groups is 1. The molecule has 0 saturated carbocycles. The maximum absolute atomic E-state index is 11.9. The standard InChI is InChI=1S/C10H12N4O2/c1-4-8-11-10-13(3)6(2)7(5-15)9(16)14(10)12-8/h5H,4H2,1-3H3. The van der Waals surface area contributed by atoms with Crippen LogP contribution in [0.1, 0.15) is 28.8 Å². The number of nitrogens with zero attached hydrogens (tertiary/aromatic N) is 4. The lowest BCUT2D eigenvalue weighted by molar-refractivity contribution is 0.112. The summed E-state index contributed by atoms with van der Waals surface area (Å²) in [7, 11) is 1.76. The number of aromatic nitrogens is 4. The highest BCUT2D eigenvalue weighted by atomic mass is 16.1. The van der Waals surface area contributed by atoms with Gasteiger partial charge in [-0.25, -0.2) is 0 Å². The third kappa shape index (κ3) is 1.26. The Morgan fingerprint density at radius 2 is 2.12 bits per heavy atom. The van der Waals surface area contributed by atoms with E-state index in [4.69, 9.17) is 0 Å². The van der Waals surface area contributed by atoms with Gasteiger partial charge in [0, 0.05) is 19.2 Å². The first-order chi connectivity index (χ1) is 7.60. The molecule has 2 aromatic rings. The lowest BCUT2D eigenvalue weighted by Crippen LogP contribution is -2.24. The summed E-state index contributed by atoms with van der Waals surface area (Å²) >= 11 is 0. The number of hydrogen-bond donors (Lipinski definition) is 0. The van der Waals surface area contributed by atoms with Crippen LogP contribution in [0.5, 0.6) is 0 Å². The quantitative estimate of drug-likeness (QED) is 0.674. The van der Waals surface area contributed by atoms with Crippen molar-refractivity contribution in [1.29, 1.82) is 0 Å². The van der Waals surface area contributed by atoms with Crippen LogP contribution in [0.4, 0.5) is 0 Å². The molecule has 0 unspecified atom stereocenters. The summed E-state index contributed by atoms with van der Waals surface area (Å²) in [6, 6.07) is 0. The fourth-order valence-corrected chi connectivity index (χ4v) is 1.58. The van der Waals surface area contributed by atoms with Gasteiger partial charge in [0.05, 0.1) is 0 Å². The predicted octanol–water partition coefficient (Wildman–Crippen LogP) is 0.111. The van der Waals surface area contributed by atoms with E-state index in [-0.39, 0.29) is 5.56 Å². The van der Waals surface area contributed by atoms with E-state index >= 15 is 0 Å². The Morgan fingerprint density at radius 3 is 2.69 bits per heavy atom. The maximum Gasteiger partial charge on any atom is 0.286 e. The molecule has 2 aromatic heterocycles. The van der Waals surface area contributed by atoms with E-state index in [0.717, 1.165) is 0 Å². The molecule has 0 spiro atoms. The zero-order chi connectivity index (χ0) is 11.9. The monoisotopic (exact) mass is 220 g/mol. The molecule has 2 heterocycles. The first-order valence-electron chi connectivity index (χ1n) is 5.00. The van der Waals surface area contributed by atoms with Gasteiger partial charge < -0.3 is 4.57 Å². The molecular weight excluding hydrogens is 208 g/mol. The molecule has 0 aliphatic carbocycles. The fourth-order valence-electron chi connectivity index (χ4n) is 1.58. The highest BCUT2D eigenvalue weighted by Crippen LogP contribution is 2.05. The smallest absolute Gasteiger partial charge is 0.286 e. The van der Waals surface area contributed by atoms with Crippen molar-refractivity contribution in [2.24, 2.45) is 7.05 Å². The first-order valence-corrected chi connectivity index (χ1v) is 5.00. The molecule has 0 aliphatic rings. The lowest BCUT2D eigenvalue weighted by Gasteiger charge is -2.06. The van der Waals surface area contributed by atoms with Gasteiger partial charge in [0.2, 0.25) is 5.78 Å². The largest absolute Gasteiger partial charge is 0.317 e. The number of aldehydes is 1. The second kappa shape index (κ2) is 3.55. The molecule has 0 saturated heterocycles. The molecule has 0 fully saturated rings. The minimum absolute atomic E-state index is 0.127. The molecule has 0 amide bonds. The second-order valence-electron chi connectivity index (χ2n) is 3.57. The van der Waals surface area contributed by atoms with Crippen molar-refractivity contribution in [3.63, 3.8) is 0 Å². The number of aryl methyl sites for hydroxylation is 2. The molecule has 0 bridgehead atoms. The SMILES string of the molecule is CCc1nc2n(C)c(C)c(C=O)c(=O)n2n1. The molecule has 6 heteroatoms. The summed E-state index contributed by atoms with van der Waals surface area (Å²) in [6.45, 7) is 3.62. The van der Waals surface area contributed by atoms with E-state index < -0.39 is 5.56 Å². The molecule has 16 heavy (non-hydrogen) atoms. The van der Waals surface area contributed by atoms with Crippen LogP contribution in [0, 0.1) is 6.92 Å². The molecule has 0 atom stereocenters. The number of rotatable bonds is 2. The van der Waals surface area contributed by atoms with Crippen molar-refractivity contribution >= 4 is 12.1 Å². The lowest BCUT2D eigenvalue weighted by atomic mass is 10.2. The van der Waals surface area contributed by atoms with Gasteiger partial charge in [-0.05, 0) is 6.92 Å². The highest BCUT2D eigenvalue weighted by molar-refractivity contribution is 5.76. The molecule has 0 aliphatic heterocycles. The Bertz CT molecular complexity index is 624. The van der Waals surface area contributed by atoms with Crippen LogP contribution in [0.25, 0.3) is 5.78 Å². The van der Waals surface area contributed by atoms with Gasteiger partial charge in [0.1, 0.15) is 5.56 Å². The summed E-state index contributed by atoms with van der Waals surface area (Å²) < 4.78 is 2.87. The topological polar surface area (TPSA) is 69.3 Å². The highest BCUT2D eigenvalue weighted by Gasteiger charge is 2.14. The third-order valence-electron chi connectivity index (χ3n) is 2.68. The van der Waals surface area contributed by atoms with Crippen LogP contribution in [-0.4, -0.2) is 25.5 Å². The summed E-state index contributed by atoms with van der Waals surface area (Å²) in [5.74, 6) is 1.06. The first kappa shape index (κ1) is 10.5. The molecule has 84 valence electrons. The van der Waals surface area contributed by atoms with Gasteiger partial charge in [-0.2, -0.15) is 9.50 Å². The van der Waals surface area contributed by atoms with Gasteiger partial charge in [0.15, 0.2) is 12.1 Å². The average Bonchev–Trinajstić information content (AvgIpc) is 2.71. The van der Waals surface area contributed by atoms with Gasteiger partial charge in [-0.1, -0.05) is 6.92 Å². The Balaban J connectivity index is 2.98. The predicted molar refractivity (Wildman–Crippen MR) is 57.7 cm³/mol.